The number of phenols is 1. The van der Waals surface area contributed by atoms with Gasteiger partial charge >= 0.3 is 0 Å². The summed E-state index contributed by atoms with van der Waals surface area (Å²) in [6, 6.07) is 6.52. The predicted molar refractivity (Wildman–Crippen MR) is 71.9 cm³/mol. The first-order valence-corrected chi connectivity index (χ1v) is 6.73. The van der Waals surface area contributed by atoms with Gasteiger partial charge in [-0.15, -0.1) is 0 Å². The van der Waals surface area contributed by atoms with Crippen LogP contribution >= 0.6 is 0 Å². The fourth-order valence-electron chi connectivity index (χ4n) is 2.64. The topological polar surface area (TPSA) is 40.5 Å². The summed E-state index contributed by atoms with van der Waals surface area (Å²) in [4.78, 5) is 14.3. The van der Waals surface area contributed by atoms with E-state index in [4.69, 9.17) is 0 Å². The number of aromatic hydroxyl groups is 1. The first-order valence-electron chi connectivity index (χ1n) is 6.73. The maximum absolute atomic E-state index is 12.1. The number of benzene rings is 1. The molecule has 3 nitrogen and oxygen atoms in total. The predicted octanol–water partition coefficient (Wildman–Crippen LogP) is 2.70. The van der Waals surface area contributed by atoms with Gasteiger partial charge in [-0.2, -0.15) is 0 Å². The molecule has 0 amide bonds. The summed E-state index contributed by atoms with van der Waals surface area (Å²) >= 11 is 0. The van der Waals surface area contributed by atoms with Gasteiger partial charge in [0.1, 0.15) is 5.75 Å². The molecule has 1 aliphatic heterocycles. The molecule has 2 rings (SSSR count). The molecule has 98 valence electrons. The number of rotatable bonds is 5. The van der Waals surface area contributed by atoms with Crippen LogP contribution in [0.4, 0.5) is 0 Å². The lowest BCUT2D eigenvalue weighted by Crippen LogP contribution is -2.27. The average Bonchev–Trinajstić information content (AvgIpc) is 2.78. The van der Waals surface area contributed by atoms with E-state index in [0.29, 0.717) is 12.1 Å². The Balaban J connectivity index is 1.87. The van der Waals surface area contributed by atoms with Gasteiger partial charge in [-0.25, -0.2) is 0 Å². The Morgan fingerprint density at radius 2 is 2.11 bits per heavy atom. The van der Waals surface area contributed by atoms with Crippen LogP contribution < -0.4 is 0 Å². The summed E-state index contributed by atoms with van der Waals surface area (Å²) < 4.78 is 0. The van der Waals surface area contributed by atoms with Crippen LogP contribution in [0.2, 0.25) is 0 Å². The van der Waals surface area contributed by atoms with E-state index in [2.05, 4.69) is 11.8 Å². The molecular weight excluding hydrogens is 226 g/mol. The zero-order valence-corrected chi connectivity index (χ0v) is 10.9. The van der Waals surface area contributed by atoms with Crippen molar-refractivity contribution in [2.45, 2.75) is 26.2 Å². The number of carbonyl (C=O) groups is 1. The molecule has 1 saturated heterocycles. The minimum Gasteiger partial charge on any atom is -0.508 e. The van der Waals surface area contributed by atoms with E-state index >= 15 is 0 Å². The van der Waals surface area contributed by atoms with E-state index in [-0.39, 0.29) is 11.5 Å². The Hall–Kier alpha value is -1.35. The Bertz CT molecular complexity index is 399. The summed E-state index contributed by atoms with van der Waals surface area (Å²) in [5.74, 6) is 1.12. The van der Waals surface area contributed by atoms with Crippen molar-refractivity contribution >= 4 is 5.78 Å². The molecule has 1 aromatic rings. The second-order valence-corrected chi connectivity index (χ2v) is 5.15. The van der Waals surface area contributed by atoms with Crippen LogP contribution in [0.3, 0.4) is 0 Å². The summed E-state index contributed by atoms with van der Waals surface area (Å²) in [7, 11) is 0. The molecule has 1 heterocycles. The van der Waals surface area contributed by atoms with Crippen LogP contribution in [0.5, 0.6) is 5.75 Å². The SMILES string of the molecule is CCCC1CCN(CC(=O)c2ccc(O)cc2)C1. The Morgan fingerprint density at radius 1 is 1.39 bits per heavy atom. The van der Waals surface area contributed by atoms with Gasteiger partial charge in [-0.3, -0.25) is 9.69 Å². The van der Waals surface area contributed by atoms with Crippen LogP contribution in [-0.2, 0) is 0 Å². The first kappa shape index (κ1) is 13.1. The Morgan fingerprint density at radius 3 is 2.78 bits per heavy atom. The van der Waals surface area contributed by atoms with E-state index in [9.17, 15) is 9.90 Å². The van der Waals surface area contributed by atoms with Gasteiger partial charge in [-0.05, 0) is 49.6 Å². The van der Waals surface area contributed by atoms with E-state index < -0.39 is 0 Å². The molecule has 0 spiro atoms. The Kier molecular flexibility index (Phi) is 4.37. The smallest absolute Gasteiger partial charge is 0.176 e. The quantitative estimate of drug-likeness (QED) is 0.813. The van der Waals surface area contributed by atoms with Crippen molar-refractivity contribution in [3.05, 3.63) is 29.8 Å². The molecule has 0 bridgehead atoms. The van der Waals surface area contributed by atoms with Gasteiger partial charge < -0.3 is 5.11 Å². The van der Waals surface area contributed by atoms with Crippen molar-refractivity contribution in [2.75, 3.05) is 19.6 Å². The highest BCUT2D eigenvalue weighted by Gasteiger charge is 2.23. The van der Waals surface area contributed by atoms with Crippen molar-refractivity contribution in [3.8, 4) is 5.75 Å². The molecular formula is C15H21NO2. The van der Waals surface area contributed by atoms with Crippen LogP contribution in [-0.4, -0.2) is 35.4 Å². The van der Waals surface area contributed by atoms with E-state index in [1.54, 1.807) is 24.3 Å². The Labute approximate surface area is 108 Å². The monoisotopic (exact) mass is 247 g/mol. The minimum absolute atomic E-state index is 0.146. The largest absolute Gasteiger partial charge is 0.508 e. The molecule has 1 unspecified atom stereocenters. The number of hydrogen-bond acceptors (Lipinski definition) is 3. The highest BCUT2D eigenvalue weighted by molar-refractivity contribution is 5.97. The summed E-state index contributed by atoms with van der Waals surface area (Å²) in [6.07, 6.45) is 3.71. The normalized spacial score (nSPS) is 20.2. The fraction of sp³-hybridized carbons (Fsp3) is 0.533. The van der Waals surface area contributed by atoms with Gasteiger partial charge in [0, 0.05) is 12.1 Å². The number of carbonyl (C=O) groups excluding carboxylic acids is 1. The van der Waals surface area contributed by atoms with Gasteiger partial charge in [0.05, 0.1) is 6.54 Å². The second-order valence-electron chi connectivity index (χ2n) is 5.15. The van der Waals surface area contributed by atoms with Gasteiger partial charge in [-0.1, -0.05) is 13.3 Å². The molecule has 1 atom stereocenters. The number of likely N-dealkylation sites (tertiary alicyclic amines) is 1. The molecule has 1 fully saturated rings. The lowest BCUT2D eigenvalue weighted by Gasteiger charge is -2.14. The number of phenolic OH excluding ortho intramolecular Hbond substituents is 1. The number of hydrogen-bond donors (Lipinski definition) is 1. The third-order valence-electron chi connectivity index (χ3n) is 3.62. The highest BCUT2D eigenvalue weighted by atomic mass is 16.3. The molecule has 1 N–H and O–H groups in total. The van der Waals surface area contributed by atoms with Crippen LogP contribution in [0.1, 0.15) is 36.5 Å². The third kappa shape index (κ3) is 3.33. The zero-order chi connectivity index (χ0) is 13.0. The number of ketones is 1. The lowest BCUT2D eigenvalue weighted by atomic mass is 10.0. The molecule has 0 aromatic heterocycles. The molecule has 0 radical (unpaired) electrons. The van der Waals surface area contributed by atoms with Crippen molar-refractivity contribution < 1.29 is 9.90 Å². The minimum atomic E-state index is 0.146. The van der Waals surface area contributed by atoms with Gasteiger partial charge in [0.15, 0.2) is 5.78 Å². The number of Topliss-reactive ketones (excluding diaryl/α,β-unsaturated/α-hetero) is 1. The maximum Gasteiger partial charge on any atom is 0.176 e. The van der Waals surface area contributed by atoms with E-state index in [0.717, 1.165) is 19.0 Å². The van der Waals surface area contributed by atoms with Crippen LogP contribution in [0, 0.1) is 5.92 Å². The van der Waals surface area contributed by atoms with Gasteiger partial charge in [0.25, 0.3) is 0 Å². The summed E-state index contributed by atoms with van der Waals surface area (Å²) in [5.41, 5.74) is 0.687. The lowest BCUT2D eigenvalue weighted by molar-refractivity contribution is 0.0943. The molecule has 18 heavy (non-hydrogen) atoms. The van der Waals surface area contributed by atoms with Crippen molar-refractivity contribution in [3.63, 3.8) is 0 Å². The maximum atomic E-state index is 12.1. The molecule has 0 saturated carbocycles. The van der Waals surface area contributed by atoms with E-state index in [1.165, 1.54) is 19.3 Å². The van der Waals surface area contributed by atoms with E-state index in [1.807, 2.05) is 0 Å². The second kappa shape index (κ2) is 6.01. The van der Waals surface area contributed by atoms with Crippen molar-refractivity contribution in [1.82, 2.24) is 4.90 Å². The third-order valence-corrected chi connectivity index (χ3v) is 3.62. The fourth-order valence-corrected chi connectivity index (χ4v) is 2.64. The standard InChI is InChI=1S/C15H21NO2/c1-2-3-12-8-9-16(10-12)11-15(18)13-4-6-14(17)7-5-13/h4-7,12,17H,2-3,8-11H2,1H3. The van der Waals surface area contributed by atoms with Crippen LogP contribution in [0.15, 0.2) is 24.3 Å². The highest BCUT2D eigenvalue weighted by Crippen LogP contribution is 2.21. The molecule has 1 aromatic carbocycles. The summed E-state index contributed by atoms with van der Waals surface area (Å²) in [5, 5.41) is 9.19. The average molecular weight is 247 g/mol. The molecule has 3 heteroatoms. The van der Waals surface area contributed by atoms with Crippen molar-refractivity contribution in [2.24, 2.45) is 5.92 Å². The zero-order valence-electron chi connectivity index (χ0n) is 10.9. The molecule has 0 aliphatic carbocycles. The summed E-state index contributed by atoms with van der Waals surface area (Å²) in [6.45, 7) is 4.81. The van der Waals surface area contributed by atoms with Crippen molar-refractivity contribution in [1.29, 1.82) is 0 Å². The van der Waals surface area contributed by atoms with Gasteiger partial charge in [0.2, 0.25) is 0 Å². The molecule has 1 aliphatic rings. The number of nitrogens with zero attached hydrogens (tertiary/aromatic N) is 1. The van der Waals surface area contributed by atoms with Crippen LogP contribution in [0.25, 0.3) is 0 Å². The first-order chi connectivity index (χ1) is 8.69.